The number of hydrogen-bond donors (Lipinski definition) is 2. The second-order valence-electron chi connectivity index (χ2n) is 6.43. The van der Waals surface area contributed by atoms with Crippen molar-refractivity contribution < 1.29 is 4.79 Å². The van der Waals surface area contributed by atoms with Crippen molar-refractivity contribution in [1.82, 2.24) is 10.2 Å². The normalized spacial score (nSPS) is 10.8. The van der Waals surface area contributed by atoms with Crippen molar-refractivity contribution in [2.75, 3.05) is 5.32 Å². The molecule has 4 nitrogen and oxygen atoms in total. The van der Waals surface area contributed by atoms with Gasteiger partial charge in [0.1, 0.15) is 5.69 Å². The Hall–Kier alpha value is -2.59. The molecular formula is C21H22ClN3O. The van der Waals surface area contributed by atoms with Gasteiger partial charge in [0.15, 0.2) is 0 Å². The third-order valence-corrected chi connectivity index (χ3v) is 4.66. The first-order valence-corrected chi connectivity index (χ1v) is 9.09. The Labute approximate surface area is 158 Å². The molecule has 26 heavy (non-hydrogen) atoms. The highest BCUT2D eigenvalue weighted by molar-refractivity contribution is 6.34. The number of carbonyl (C=O) groups is 1. The van der Waals surface area contributed by atoms with Gasteiger partial charge in [0, 0.05) is 5.56 Å². The minimum Gasteiger partial charge on any atom is -0.318 e. The molecule has 0 saturated carbocycles. The van der Waals surface area contributed by atoms with Crippen LogP contribution >= 0.6 is 11.6 Å². The number of nitrogens with zero attached hydrogens (tertiary/aromatic N) is 1. The zero-order chi connectivity index (χ0) is 18.7. The molecule has 0 bridgehead atoms. The largest absolute Gasteiger partial charge is 0.318 e. The van der Waals surface area contributed by atoms with Crippen LogP contribution in [0.4, 0.5) is 5.69 Å². The maximum Gasteiger partial charge on any atom is 0.257 e. The quantitative estimate of drug-likeness (QED) is 0.620. The van der Waals surface area contributed by atoms with E-state index in [4.69, 9.17) is 11.6 Å². The van der Waals surface area contributed by atoms with E-state index in [0.717, 1.165) is 41.0 Å². The topological polar surface area (TPSA) is 57.8 Å². The van der Waals surface area contributed by atoms with E-state index in [0.29, 0.717) is 10.6 Å². The zero-order valence-electron chi connectivity index (χ0n) is 15.2. The van der Waals surface area contributed by atoms with Crippen molar-refractivity contribution in [3.8, 4) is 11.3 Å². The van der Waals surface area contributed by atoms with Crippen LogP contribution in [0.2, 0.25) is 5.02 Å². The van der Waals surface area contributed by atoms with Gasteiger partial charge in [-0.1, -0.05) is 60.8 Å². The molecule has 0 saturated heterocycles. The van der Waals surface area contributed by atoms with Crippen molar-refractivity contribution in [3.05, 3.63) is 69.9 Å². The molecule has 1 amide bonds. The summed E-state index contributed by atoms with van der Waals surface area (Å²) in [5.74, 6) is -0.236. The van der Waals surface area contributed by atoms with Gasteiger partial charge in [-0.05, 0) is 38.0 Å². The van der Waals surface area contributed by atoms with E-state index in [1.807, 2.05) is 6.07 Å². The molecule has 0 spiro atoms. The average Bonchev–Trinajstić information content (AvgIpc) is 2.98. The van der Waals surface area contributed by atoms with Crippen LogP contribution in [-0.4, -0.2) is 16.1 Å². The smallest absolute Gasteiger partial charge is 0.257 e. The Morgan fingerprint density at radius 2 is 1.96 bits per heavy atom. The summed E-state index contributed by atoms with van der Waals surface area (Å²) in [6.45, 7) is 6.21. The van der Waals surface area contributed by atoms with Crippen molar-refractivity contribution in [3.63, 3.8) is 0 Å². The van der Waals surface area contributed by atoms with Gasteiger partial charge >= 0.3 is 0 Å². The lowest BCUT2D eigenvalue weighted by molar-refractivity contribution is 0.102. The molecule has 3 aromatic rings. The molecule has 5 heteroatoms. The van der Waals surface area contributed by atoms with E-state index >= 15 is 0 Å². The second-order valence-corrected chi connectivity index (χ2v) is 6.84. The summed E-state index contributed by atoms with van der Waals surface area (Å²) >= 11 is 6.18. The Morgan fingerprint density at radius 1 is 1.19 bits per heavy atom. The fourth-order valence-electron chi connectivity index (χ4n) is 3.04. The molecule has 2 N–H and O–H groups in total. The van der Waals surface area contributed by atoms with Crippen molar-refractivity contribution >= 4 is 23.2 Å². The number of aromatic amines is 1. The maximum absolute atomic E-state index is 12.8. The highest BCUT2D eigenvalue weighted by Crippen LogP contribution is 2.33. The van der Waals surface area contributed by atoms with Gasteiger partial charge in [-0.3, -0.25) is 9.89 Å². The molecule has 0 fully saturated rings. The van der Waals surface area contributed by atoms with E-state index in [1.165, 1.54) is 5.56 Å². The molecule has 1 aromatic heterocycles. The molecule has 134 valence electrons. The lowest BCUT2D eigenvalue weighted by Crippen LogP contribution is -2.14. The number of carbonyl (C=O) groups excluding carboxylic acids is 1. The first-order chi connectivity index (χ1) is 12.5. The minimum atomic E-state index is -0.236. The SMILES string of the molecule is CCCc1[nH]nc(-c2ccc(C)cc2C)c1NC(=O)c1ccccc1Cl. The van der Waals surface area contributed by atoms with Gasteiger partial charge in [0.05, 0.1) is 22.0 Å². The number of anilines is 1. The summed E-state index contributed by atoms with van der Waals surface area (Å²) < 4.78 is 0. The molecule has 0 radical (unpaired) electrons. The first kappa shape index (κ1) is 18.2. The number of amides is 1. The highest BCUT2D eigenvalue weighted by atomic mass is 35.5. The predicted octanol–water partition coefficient (Wildman–Crippen LogP) is 5.55. The zero-order valence-corrected chi connectivity index (χ0v) is 15.9. The van der Waals surface area contributed by atoms with Crippen LogP contribution in [0.15, 0.2) is 42.5 Å². The van der Waals surface area contributed by atoms with Gasteiger partial charge < -0.3 is 5.32 Å². The molecule has 0 aliphatic rings. The van der Waals surface area contributed by atoms with Crippen LogP contribution in [-0.2, 0) is 6.42 Å². The fraction of sp³-hybridized carbons (Fsp3) is 0.238. The van der Waals surface area contributed by atoms with Crippen LogP contribution in [0, 0.1) is 13.8 Å². The molecule has 0 aliphatic heterocycles. The molecule has 1 heterocycles. The monoisotopic (exact) mass is 367 g/mol. The number of benzene rings is 2. The second kappa shape index (κ2) is 7.75. The lowest BCUT2D eigenvalue weighted by atomic mass is 10.0. The first-order valence-electron chi connectivity index (χ1n) is 8.72. The van der Waals surface area contributed by atoms with Crippen molar-refractivity contribution in [1.29, 1.82) is 0 Å². The third kappa shape index (κ3) is 3.65. The summed E-state index contributed by atoms with van der Waals surface area (Å²) in [5, 5.41) is 11.0. The van der Waals surface area contributed by atoms with Crippen LogP contribution in [0.25, 0.3) is 11.3 Å². The van der Waals surface area contributed by atoms with Gasteiger partial charge in [-0.2, -0.15) is 5.10 Å². The van der Waals surface area contributed by atoms with Crippen molar-refractivity contribution in [2.24, 2.45) is 0 Å². The third-order valence-electron chi connectivity index (χ3n) is 4.34. The summed E-state index contributed by atoms with van der Waals surface area (Å²) in [4.78, 5) is 12.8. The lowest BCUT2D eigenvalue weighted by Gasteiger charge is -2.11. The molecule has 0 atom stereocenters. The number of hydrogen-bond acceptors (Lipinski definition) is 2. The number of halogens is 1. The van der Waals surface area contributed by atoms with E-state index in [2.05, 4.69) is 48.4 Å². The van der Waals surface area contributed by atoms with Crippen LogP contribution in [0.1, 0.15) is 40.5 Å². The van der Waals surface area contributed by atoms with Crippen molar-refractivity contribution in [2.45, 2.75) is 33.6 Å². The molecule has 3 rings (SSSR count). The molecular weight excluding hydrogens is 346 g/mol. The number of H-pyrrole nitrogens is 1. The predicted molar refractivity (Wildman–Crippen MR) is 107 cm³/mol. The van der Waals surface area contributed by atoms with Gasteiger partial charge in [0.2, 0.25) is 0 Å². The Kier molecular flexibility index (Phi) is 5.43. The minimum absolute atomic E-state index is 0.236. The van der Waals surface area contributed by atoms with Gasteiger partial charge in [-0.25, -0.2) is 0 Å². The van der Waals surface area contributed by atoms with Gasteiger partial charge in [0.25, 0.3) is 5.91 Å². The summed E-state index contributed by atoms with van der Waals surface area (Å²) in [5.41, 5.74) is 6.16. The van der Waals surface area contributed by atoms with Crippen LogP contribution < -0.4 is 5.32 Å². The van der Waals surface area contributed by atoms with E-state index in [9.17, 15) is 4.79 Å². The summed E-state index contributed by atoms with van der Waals surface area (Å²) in [6, 6.07) is 13.2. The Morgan fingerprint density at radius 3 is 2.65 bits per heavy atom. The maximum atomic E-state index is 12.8. The Balaban J connectivity index is 2.03. The van der Waals surface area contributed by atoms with E-state index < -0.39 is 0 Å². The number of rotatable bonds is 5. The standard InChI is InChI=1S/C21H22ClN3O/c1-4-7-18-20(23-21(26)16-8-5-6-9-17(16)22)19(25-24-18)15-11-10-13(2)12-14(15)3/h5-6,8-12H,4,7H2,1-3H3,(H,23,26)(H,24,25). The molecule has 0 aliphatic carbocycles. The summed E-state index contributed by atoms with van der Waals surface area (Å²) in [6.07, 6.45) is 1.75. The number of aromatic nitrogens is 2. The Bertz CT molecular complexity index is 946. The fourth-order valence-corrected chi connectivity index (χ4v) is 3.27. The van der Waals surface area contributed by atoms with E-state index in [1.54, 1.807) is 24.3 Å². The van der Waals surface area contributed by atoms with Crippen LogP contribution in [0.5, 0.6) is 0 Å². The van der Waals surface area contributed by atoms with E-state index in [-0.39, 0.29) is 5.91 Å². The highest BCUT2D eigenvalue weighted by Gasteiger charge is 2.20. The number of aryl methyl sites for hydroxylation is 3. The summed E-state index contributed by atoms with van der Waals surface area (Å²) in [7, 11) is 0. The van der Waals surface area contributed by atoms with Gasteiger partial charge in [-0.15, -0.1) is 0 Å². The molecule has 0 unspecified atom stereocenters. The number of nitrogens with one attached hydrogen (secondary N) is 2. The van der Waals surface area contributed by atoms with Crippen LogP contribution in [0.3, 0.4) is 0 Å². The average molecular weight is 368 g/mol. The molecule has 2 aromatic carbocycles.